The minimum Gasteiger partial charge on any atom is -0.378 e. The second-order valence-corrected chi connectivity index (χ2v) is 5.52. The number of hydrogen-bond donors (Lipinski definition) is 1. The maximum absolute atomic E-state index is 3.78. The summed E-state index contributed by atoms with van der Waals surface area (Å²) in [7, 11) is 4.16. The van der Waals surface area contributed by atoms with E-state index >= 15 is 0 Å². The molecule has 0 saturated heterocycles. The largest absolute Gasteiger partial charge is 0.378 e. The van der Waals surface area contributed by atoms with Crippen LogP contribution in [0.25, 0.3) is 0 Å². The Labute approximate surface area is 124 Å². The van der Waals surface area contributed by atoms with Crippen molar-refractivity contribution in [1.29, 1.82) is 0 Å². The van der Waals surface area contributed by atoms with Gasteiger partial charge in [0.25, 0.3) is 0 Å². The smallest absolute Gasteiger partial charge is 0.0361 e. The van der Waals surface area contributed by atoms with Gasteiger partial charge in [0.1, 0.15) is 0 Å². The highest BCUT2D eigenvalue weighted by Crippen LogP contribution is 2.22. The Bertz CT molecular complexity index is 368. The third-order valence-corrected chi connectivity index (χ3v) is 3.66. The van der Waals surface area contributed by atoms with E-state index in [1.165, 1.54) is 36.9 Å². The Morgan fingerprint density at radius 3 is 2.40 bits per heavy atom. The first-order valence-corrected chi connectivity index (χ1v) is 7.80. The van der Waals surface area contributed by atoms with Crippen LogP contribution in [-0.4, -0.2) is 20.6 Å². The topological polar surface area (TPSA) is 15.3 Å². The molecule has 0 bridgehead atoms. The van der Waals surface area contributed by atoms with Gasteiger partial charge in [0.05, 0.1) is 0 Å². The zero-order chi connectivity index (χ0) is 14.8. The number of hydrogen-bond acceptors (Lipinski definition) is 2. The summed E-state index contributed by atoms with van der Waals surface area (Å²) in [6.45, 7) is 6.98. The number of nitrogens with zero attached hydrogens (tertiary/aromatic N) is 1. The first kappa shape index (κ1) is 16.8. The van der Waals surface area contributed by atoms with Crippen LogP contribution >= 0.6 is 0 Å². The molecule has 0 heterocycles. The Morgan fingerprint density at radius 1 is 1.15 bits per heavy atom. The van der Waals surface area contributed by atoms with E-state index in [9.17, 15) is 0 Å². The zero-order valence-corrected chi connectivity index (χ0v) is 13.4. The number of allylic oxidation sites excluding steroid dienone is 1. The lowest BCUT2D eigenvalue weighted by Gasteiger charge is -2.20. The van der Waals surface area contributed by atoms with Gasteiger partial charge >= 0.3 is 0 Å². The first-order valence-electron chi connectivity index (χ1n) is 7.80. The lowest BCUT2D eigenvalue weighted by Crippen LogP contribution is -2.21. The number of nitrogens with one attached hydrogen (secondary N) is 1. The molecule has 0 aliphatic rings. The number of anilines is 1. The molecule has 0 radical (unpaired) electrons. The standard InChI is InChI=1S/C18H30N2/c1-5-7-8-9-10-11-18(19-6-2)16-12-14-17(15-13-16)20(3)4/h5,12-15,18-19H,1,6-11H2,2-4H3. The van der Waals surface area contributed by atoms with Crippen molar-refractivity contribution in [3.05, 3.63) is 42.5 Å². The molecule has 0 saturated carbocycles. The van der Waals surface area contributed by atoms with E-state index in [4.69, 9.17) is 0 Å². The van der Waals surface area contributed by atoms with Crippen LogP contribution in [0.5, 0.6) is 0 Å². The van der Waals surface area contributed by atoms with Gasteiger partial charge < -0.3 is 10.2 Å². The van der Waals surface area contributed by atoms with Gasteiger partial charge in [-0.3, -0.25) is 0 Å². The summed E-state index contributed by atoms with van der Waals surface area (Å²) >= 11 is 0. The summed E-state index contributed by atoms with van der Waals surface area (Å²) in [6, 6.07) is 9.41. The first-order chi connectivity index (χ1) is 9.69. The van der Waals surface area contributed by atoms with Crippen LogP contribution in [0, 0.1) is 0 Å². The maximum atomic E-state index is 3.78. The minimum atomic E-state index is 0.486. The van der Waals surface area contributed by atoms with E-state index in [1.54, 1.807) is 0 Å². The molecule has 1 atom stereocenters. The fraction of sp³-hybridized carbons (Fsp3) is 0.556. The third-order valence-electron chi connectivity index (χ3n) is 3.66. The van der Waals surface area contributed by atoms with Crippen LogP contribution in [0.2, 0.25) is 0 Å². The van der Waals surface area contributed by atoms with Gasteiger partial charge in [0.15, 0.2) is 0 Å². The van der Waals surface area contributed by atoms with Gasteiger partial charge in [0, 0.05) is 25.8 Å². The highest BCUT2D eigenvalue weighted by molar-refractivity contribution is 5.46. The second-order valence-electron chi connectivity index (χ2n) is 5.52. The highest BCUT2D eigenvalue weighted by Gasteiger charge is 2.09. The Kier molecular flexibility index (Phi) is 8.05. The molecule has 0 aliphatic carbocycles. The Morgan fingerprint density at radius 2 is 1.85 bits per heavy atom. The Hall–Kier alpha value is -1.28. The lowest BCUT2D eigenvalue weighted by atomic mass is 9.99. The molecule has 0 spiro atoms. The van der Waals surface area contributed by atoms with Crippen molar-refractivity contribution < 1.29 is 0 Å². The van der Waals surface area contributed by atoms with Crippen LogP contribution in [0.15, 0.2) is 36.9 Å². The molecule has 1 unspecified atom stereocenters. The average Bonchev–Trinajstić information content (AvgIpc) is 2.46. The summed E-state index contributed by atoms with van der Waals surface area (Å²) in [5.74, 6) is 0. The molecule has 1 N–H and O–H groups in total. The van der Waals surface area contributed by atoms with Crippen LogP contribution in [0.4, 0.5) is 5.69 Å². The summed E-state index contributed by atoms with van der Waals surface area (Å²) < 4.78 is 0. The van der Waals surface area contributed by atoms with Crippen molar-refractivity contribution in [2.45, 2.75) is 45.1 Å². The molecule has 0 amide bonds. The predicted molar refractivity (Wildman–Crippen MR) is 90.5 cm³/mol. The molecule has 1 aromatic carbocycles. The molecular formula is C18H30N2. The molecule has 2 heteroatoms. The van der Waals surface area contributed by atoms with Gasteiger partial charge in [0.2, 0.25) is 0 Å². The summed E-state index contributed by atoms with van der Waals surface area (Å²) in [5.41, 5.74) is 2.66. The summed E-state index contributed by atoms with van der Waals surface area (Å²) in [5, 5.41) is 3.60. The molecule has 1 rings (SSSR count). The quantitative estimate of drug-likeness (QED) is 0.498. The summed E-state index contributed by atoms with van der Waals surface area (Å²) in [4.78, 5) is 2.14. The molecule has 1 aromatic rings. The molecule has 2 nitrogen and oxygen atoms in total. The lowest BCUT2D eigenvalue weighted by molar-refractivity contribution is 0.484. The average molecular weight is 274 g/mol. The maximum Gasteiger partial charge on any atom is 0.0361 e. The number of unbranched alkanes of at least 4 members (excludes halogenated alkanes) is 3. The number of benzene rings is 1. The van der Waals surface area contributed by atoms with E-state index in [1.807, 2.05) is 6.08 Å². The van der Waals surface area contributed by atoms with Gasteiger partial charge in [-0.05, 0) is 43.5 Å². The van der Waals surface area contributed by atoms with Crippen LogP contribution in [0.1, 0.15) is 50.6 Å². The van der Waals surface area contributed by atoms with Gasteiger partial charge in [-0.2, -0.15) is 0 Å². The van der Waals surface area contributed by atoms with E-state index < -0.39 is 0 Å². The monoisotopic (exact) mass is 274 g/mol. The normalized spacial score (nSPS) is 12.2. The predicted octanol–water partition coefficient (Wildman–Crippen LogP) is 4.54. The second kappa shape index (κ2) is 9.60. The van der Waals surface area contributed by atoms with Crippen molar-refractivity contribution >= 4 is 5.69 Å². The molecular weight excluding hydrogens is 244 g/mol. The number of rotatable bonds is 10. The fourth-order valence-corrected chi connectivity index (χ4v) is 2.45. The molecule has 0 fully saturated rings. The van der Waals surface area contributed by atoms with Crippen LogP contribution in [-0.2, 0) is 0 Å². The zero-order valence-electron chi connectivity index (χ0n) is 13.4. The molecule has 0 aromatic heterocycles. The van der Waals surface area contributed by atoms with Crippen molar-refractivity contribution in [2.24, 2.45) is 0 Å². The van der Waals surface area contributed by atoms with E-state index in [0.717, 1.165) is 13.0 Å². The Balaban J connectivity index is 2.53. The van der Waals surface area contributed by atoms with Crippen molar-refractivity contribution in [1.82, 2.24) is 5.32 Å². The highest BCUT2D eigenvalue weighted by atomic mass is 15.1. The van der Waals surface area contributed by atoms with Crippen molar-refractivity contribution in [3.63, 3.8) is 0 Å². The van der Waals surface area contributed by atoms with Crippen LogP contribution < -0.4 is 10.2 Å². The summed E-state index contributed by atoms with van der Waals surface area (Å²) in [6.07, 6.45) is 8.21. The van der Waals surface area contributed by atoms with Crippen molar-refractivity contribution in [3.8, 4) is 0 Å². The van der Waals surface area contributed by atoms with Gasteiger partial charge in [-0.1, -0.05) is 38.0 Å². The molecule has 20 heavy (non-hydrogen) atoms. The SMILES string of the molecule is C=CCCCCCC(NCC)c1ccc(N(C)C)cc1. The molecule has 0 aliphatic heterocycles. The third kappa shape index (κ3) is 5.79. The van der Waals surface area contributed by atoms with Gasteiger partial charge in [-0.15, -0.1) is 6.58 Å². The molecule has 112 valence electrons. The fourth-order valence-electron chi connectivity index (χ4n) is 2.45. The van der Waals surface area contributed by atoms with E-state index in [2.05, 4.69) is 62.1 Å². The van der Waals surface area contributed by atoms with Gasteiger partial charge in [-0.25, -0.2) is 0 Å². The van der Waals surface area contributed by atoms with E-state index in [-0.39, 0.29) is 0 Å². The van der Waals surface area contributed by atoms with E-state index in [0.29, 0.717) is 6.04 Å². The minimum absolute atomic E-state index is 0.486. The van der Waals surface area contributed by atoms with Crippen LogP contribution in [0.3, 0.4) is 0 Å². The van der Waals surface area contributed by atoms with Crippen molar-refractivity contribution in [2.75, 3.05) is 25.5 Å².